The summed E-state index contributed by atoms with van der Waals surface area (Å²) in [6.45, 7) is 5.98. The molecule has 0 fully saturated rings. The van der Waals surface area contributed by atoms with E-state index in [9.17, 15) is 9.90 Å². The fourth-order valence-corrected chi connectivity index (χ4v) is 2.51. The monoisotopic (exact) mass is 252 g/mol. The predicted molar refractivity (Wildman–Crippen MR) is 66.9 cm³/mol. The largest absolute Gasteiger partial charge is 0.464 e. The van der Waals surface area contributed by atoms with Gasteiger partial charge in [0.15, 0.2) is 5.65 Å². The Hall–Kier alpha value is -1.55. The second-order valence-electron chi connectivity index (χ2n) is 4.91. The molecule has 5 heteroatoms. The zero-order valence-electron chi connectivity index (χ0n) is 9.86. The molecule has 2 heterocycles. The molecule has 0 spiro atoms. The quantitative estimate of drug-likeness (QED) is 0.781. The second kappa shape index (κ2) is 3.74. The molecular weight excluding hydrogens is 240 g/mol. The van der Waals surface area contributed by atoms with E-state index in [1.165, 1.54) is 0 Å². The molecule has 0 aliphatic rings. The van der Waals surface area contributed by atoms with E-state index >= 15 is 0 Å². The van der Waals surface area contributed by atoms with Crippen molar-refractivity contribution in [3.63, 3.8) is 0 Å². The van der Waals surface area contributed by atoms with Crippen LogP contribution in [0.25, 0.3) is 11.0 Å². The number of pyridine rings is 1. The Labute approximate surface area is 104 Å². The van der Waals surface area contributed by atoms with Crippen LogP contribution in [0.1, 0.15) is 26.3 Å². The number of carboxylic acid groups (broad SMARTS) is 1. The first kappa shape index (κ1) is 11.9. The Morgan fingerprint density at radius 3 is 2.65 bits per heavy atom. The maximum atomic E-state index is 11.2. The van der Waals surface area contributed by atoms with E-state index < -0.39 is 6.09 Å². The molecule has 0 amide bonds. The first-order valence-corrected chi connectivity index (χ1v) is 5.60. The Morgan fingerprint density at radius 2 is 2.12 bits per heavy atom. The SMILES string of the molecule is CC(C)(C)c1c(Cl)n(C(=O)O)c2ncccc12. The van der Waals surface area contributed by atoms with E-state index in [0.29, 0.717) is 5.65 Å². The van der Waals surface area contributed by atoms with Crippen molar-refractivity contribution in [1.29, 1.82) is 0 Å². The highest BCUT2D eigenvalue weighted by molar-refractivity contribution is 6.33. The number of hydrogen-bond acceptors (Lipinski definition) is 2. The molecule has 0 radical (unpaired) electrons. The number of aromatic nitrogens is 2. The molecule has 1 N–H and O–H groups in total. The van der Waals surface area contributed by atoms with Crippen LogP contribution in [0.4, 0.5) is 4.79 Å². The first-order chi connectivity index (χ1) is 7.84. The zero-order chi connectivity index (χ0) is 12.8. The topological polar surface area (TPSA) is 55.1 Å². The van der Waals surface area contributed by atoms with Gasteiger partial charge in [0, 0.05) is 17.1 Å². The van der Waals surface area contributed by atoms with Crippen LogP contribution >= 0.6 is 11.6 Å². The van der Waals surface area contributed by atoms with Gasteiger partial charge < -0.3 is 5.11 Å². The van der Waals surface area contributed by atoms with E-state index in [1.807, 2.05) is 26.8 Å². The molecule has 0 saturated carbocycles. The van der Waals surface area contributed by atoms with Gasteiger partial charge in [-0.2, -0.15) is 0 Å². The summed E-state index contributed by atoms with van der Waals surface area (Å²) in [5.41, 5.74) is 0.957. The van der Waals surface area contributed by atoms with Crippen molar-refractivity contribution in [2.24, 2.45) is 0 Å². The van der Waals surface area contributed by atoms with E-state index in [0.717, 1.165) is 15.5 Å². The Morgan fingerprint density at radius 1 is 1.47 bits per heavy atom. The zero-order valence-corrected chi connectivity index (χ0v) is 10.6. The number of nitrogens with zero attached hydrogens (tertiary/aromatic N) is 2. The van der Waals surface area contributed by atoms with E-state index in [4.69, 9.17) is 11.6 Å². The van der Waals surface area contributed by atoms with Crippen molar-refractivity contribution in [3.05, 3.63) is 29.0 Å². The van der Waals surface area contributed by atoms with Gasteiger partial charge in [0.25, 0.3) is 0 Å². The summed E-state index contributed by atoms with van der Waals surface area (Å²) >= 11 is 6.17. The van der Waals surface area contributed by atoms with Crippen LogP contribution in [0.3, 0.4) is 0 Å². The van der Waals surface area contributed by atoms with Gasteiger partial charge in [0.1, 0.15) is 5.15 Å². The van der Waals surface area contributed by atoms with Crippen LogP contribution in [0.2, 0.25) is 5.15 Å². The van der Waals surface area contributed by atoms with Crippen molar-refractivity contribution in [3.8, 4) is 0 Å². The summed E-state index contributed by atoms with van der Waals surface area (Å²) in [4.78, 5) is 15.3. The standard InChI is InChI=1S/C12H13ClN2O2/c1-12(2,3)8-7-5-4-6-14-10(7)15(9(8)13)11(16)17/h4-6H,1-3H3,(H,16,17). The predicted octanol–water partition coefficient (Wildman–Crippen LogP) is 3.51. The van der Waals surface area contributed by atoms with Crippen LogP contribution in [0.15, 0.2) is 18.3 Å². The molecule has 0 saturated heterocycles. The molecule has 90 valence electrons. The molecule has 2 rings (SSSR count). The van der Waals surface area contributed by atoms with Crippen LogP contribution in [0.5, 0.6) is 0 Å². The Kier molecular flexibility index (Phi) is 2.62. The van der Waals surface area contributed by atoms with E-state index in [2.05, 4.69) is 4.98 Å². The lowest BCUT2D eigenvalue weighted by molar-refractivity contribution is 0.197. The smallest absolute Gasteiger partial charge is 0.418 e. The van der Waals surface area contributed by atoms with Crippen molar-refractivity contribution in [2.75, 3.05) is 0 Å². The van der Waals surface area contributed by atoms with Crippen LogP contribution < -0.4 is 0 Å². The van der Waals surface area contributed by atoms with E-state index in [1.54, 1.807) is 12.3 Å². The van der Waals surface area contributed by atoms with Crippen LogP contribution in [-0.2, 0) is 5.41 Å². The summed E-state index contributed by atoms with van der Waals surface area (Å²) < 4.78 is 1.03. The number of halogens is 1. The van der Waals surface area contributed by atoms with Crippen molar-refractivity contribution in [1.82, 2.24) is 9.55 Å². The minimum absolute atomic E-state index is 0.221. The van der Waals surface area contributed by atoms with Gasteiger partial charge in [0.05, 0.1) is 0 Å². The van der Waals surface area contributed by atoms with Gasteiger partial charge in [-0.3, -0.25) is 0 Å². The molecule has 17 heavy (non-hydrogen) atoms. The third-order valence-electron chi connectivity index (χ3n) is 2.61. The van der Waals surface area contributed by atoms with Crippen LogP contribution in [-0.4, -0.2) is 20.8 Å². The summed E-state index contributed by atoms with van der Waals surface area (Å²) in [5.74, 6) is 0. The Balaban J connectivity index is 2.95. The third-order valence-corrected chi connectivity index (χ3v) is 2.97. The molecular formula is C12H13ClN2O2. The Bertz CT molecular complexity index is 596. The second-order valence-corrected chi connectivity index (χ2v) is 5.27. The molecule has 0 aliphatic heterocycles. The minimum Gasteiger partial charge on any atom is -0.464 e. The molecule has 2 aromatic heterocycles. The highest BCUT2D eigenvalue weighted by Gasteiger charge is 2.27. The number of rotatable bonds is 0. The van der Waals surface area contributed by atoms with Gasteiger partial charge in [0.2, 0.25) is 0 Å². The highest BCUT2D eigenvalue weighted by atomic mass is 35.5. The number of fused-ring (bicyclic) bond motifs is 1. The molecule has 0 bridgehead atoms. The molecule has 0 aromatic carbocycles. The average molecular weight is 253 g/mol. The summed E-state index contributed by atoms with van der Waals surface area (Å²) in [5, 5.41) is 10.2. The van der Waals surface area contributed by atoms with Gasteiger partial charge >= 0.3 is 6.09 Å². The molecule has 0 aliphatic carbocycles. The normalized spacial score (nSPS) is 12.0. The van der Waals surface area contributed by atoms with Gasteiger partial charge in [-0.05, 0) is 17.5 Å². The van der Waals surface area contributed by atoms with Crippen molar-refractivity contribution >= 4 is 28.7 Å². The first-order valence-electron chi connectivity index (χ1n) is 5.22. The molecule has 4 nitrogen and oxygen atoms in total. The highest BCUT2D eigenvalue weighted by Crippen LogP contribution is 2.37. The third kappa shape index (κ3) is 1.78. The summed E-state index contributed by atoms with van der Waals surface area (Å²) in [6.07, 6.45) is 0.444. The van der Waals surface area contributed by atoms with Crippen LogP contribution in [0, 0.1) is 0 Å². The maximum Gasteiger partial charge on any atom is 0.418 e. The summed E-state index contributed by atoms with van der Waals surface area (Å²) in [7, 11) is 0. The average Bonchev–Trinajstić information content (AvgIpc) is 2.48. The maximum absolute atomic E-state index is 11.2. The minimum atomic E-state index is -1.12. The van der Waals surface area contributed by atoms with Gasteiger partial charge in [-0.1, -0.05) is 32.4 Å². The van der Waals surface area contributed by atoms with Crippen molar-refractivity contribution in [2.45, 2.75) is 26.2 Å². The summed E-state index contributed by atoms with van der Waals surface area (Å²) in [6, 6.07) is 3.62. The lowest BCUT2D eigenvalue weighted by Crippen LogP contribution is -2.13. The van der Waals surface area contributed by atoms with E-state index in [-0.39, 0.29) is 10.6 Å². The van der Waals surface area contributed by atoms with Gasteiger partial charge in [-0.25, -0.2) is 14.3 Å². The fraction of sp³-hybridized carbons (Fsp3) is 0.333. The fourth-order valence-electron chi connectivity index (χ4n) is 1.97. The number of hydrogen-bond donors (Lipinski definition) is 1. The lowest BCUT2D eigenvalue weighted by Gasteiger charge is -2.18. The lowest BCUT2D eigenvalue weighted by atomic mass is 9.87. The molecule has 0 atom stereocenters. The molecule has 2 aromatic rings. The van der Waals surface area contributed by atoms with Crippen molar-refractivity contribution < 1.29 is 9.90 Å². The van der Waals surface area contributed by atoms with Gasteiger partial charge in [-0.15, -0.1) is 0 Å². The molecule has 0 unspecified atom stereocenters. The number of carbonyl (C=O) groups is 1.